The molecule has 1 aromatic carbocycles. The van der Waals surface area contributed by atoms with Crippen molar-refractivity contribution in [2.45, 2.75) is 62.4 Å². The fraction of sp³-hybridized carbons (Fsp3) is 0.440. The molecule has 0 unspecified atom stereocenters. The third-order valence-corrected chi connectivity index (χ3v) is 7.26. The molecule has 10 heteroatoms. The Bertz CT molecular complexity index is 1240. The van der Waals surface area contributed by atoms with Crippen molar-refractivity contribution < 1.29 is 18.6 Å². The number of aromatic hydroxyl groups is 1. The van der Waals surface area contributed by atoms with Gasteiger partial charge in [0.25, 0.3) is 5.95 Å². The molecule has 182 valence electrons. The molecule has 1 aliphatic carbocycles. The number of benzene rings is 1. The summed E-state index contributed by atoms with van der Waals surface area (Å²) in [6.45, 7) is 0. The molecule has 0 spiro atoms. The number of aromatic nitrogens is 4. The highest BCUT2D eigenvalue weighted by molar-refractivity contribution is 5.73. The number of piperidine rings is 1. The van der Waals surface area contributed by atoms with Gasteiger partial charge in [-0.15, -0.1) is 10.2 Å². The first kappa shape index (κ1) is 22.1. The highest BCUT2D eigenvalue weighted by Crippen LogP contribution is 2.40. The van der Waals surface area contributed by atoms with Gasteiger partial charge in [0.2, 0.25) is 0 Å². The summed E-state index contributed by atoms with van der Waals surface area (Å²) < 4.78 is 33.9. The highest BCUT2D eigenvalue weighted by Gasteiger charge is 2.48. The molecule has 3 aliphatic rings. The van der Waals surface area contributed by atoms with Crippen LogP contribution in [0.15, 0.2) is 36.7 Å². The number of phenols is 1. The van der Waals surface area contributed by atoms with Crippen molar-refractivity contribution in [3.8, 4) is 34.0 Å². The third kappa shape index (κ3) is 4.05. The second-order valence-electron chi connectivity index (χ2n) is 9.52. The third-order valence-electron chi connectivity index (χ3n) is 7.26. The lowest BCUT2D eigenvalue weighted by Crippen LogP contribution is -2.57. The number of rotatable bonds is 6. The fourth-order valence-corrected chi connectivity index (χ4v) is 5.36. The number of nitrogens with one attached hydrogen (secondary N) is 1. The minimum absolute atomic E-state index is 0.0201. The first-order valence-corrected chi connectivity index (χ1v) is 11.9. The Kier molecular flexibility index (Phi) is 5.47. The maximum atomic E-state index is 15.3. The van der Waals surface area contributed by atoms with E-state index in [0.29, 0.717) is 28.6 Å². The number of alkyl halides is 1. The number of pyridine rings is 1. The summed E-state index contributed by atoms with van der Waals surface area (Å²) in [7, 11) is 1.37. The normalized spacial score (nSPS) is 25.5. The smallest absolute Gasteiger partial charge is 0.255 e. The Balaban J connectivity index is 1.26. The van der Waals surface area contributed by atoms with Crippen molar-refractivity contribution in [2.24, 2.45) is 0 Å². The summed E-state index contributed by atoms with van der Waals surface area (Å²) in [4.78, 5) is 10.2. The van der Waals surface area contributed by atoms with Crippen LogP contribution in [0.2, 0.25) is 0 Å². The van der Waals surface area contributed by atoms with Crippen LogP contribution >= 0.6 is 0 Å². The Morgan fingerprint density at radius 2 is 1.91 bits per heavy atom. The van der Waals surface area contributed by atoms with E-state index in [-0.39, 0.29) is 35.4 Å². The second kappa shape index (κ2) is 8.67. The number of nitrogens with zero attached hydrogens (tertiary/aromatic N) is 5. The molecule has 4 heterocycles. The van der Waals surface area contributed by atoms with Crippen molar-refractivity contribution in [1.82, 2.24) is 25.5 Å². The van der Waals surface area contributed by atoms with Gasteiger partial charge in [-0.3, -0.25) is 0 Å². The Labute approximate surface area is 201 Å². The summed E-state index contributed by atoms with van der Waals surface area (Å²) in [5.74, 6) is 0.120. The zero-order valence-corrected chi connectivity index (χ0v) is 19.2. The molecule has 6 rings (SSSR count). The van der Waals surface area contributed by atoms with E-state index in [1.54, 1.807) is 18.3 Å². The highest BCUT2D eigenvalue weighted by atomic mass is 19.1. The van der Waals surface area contributed by atoms with Crippen molar-refractivity contribution in [3.05, 3.63) is 42.6 Å². The Morgan fingerprint density at radius 1 is 1.06 bits per heavy atom. The van der Waals surface area contributed by atoms with Crippen LogP contribution in [0.1, 0.15) is 32.1 Å². The van der Waals surface area contributed by atoms with Crippen LogP contribution in [0.4, 0.5) is 14.6 Å². The van der Waals surface area contributed by atoms with Crippen LogP contribution in [0.5, 0.6) is 11.5 Å². The molecule has 4 atom stereocenters. The Morgan fingerprint density at radius 3 is 2.63 bits per heavy atom. The summed E-state index contributed by atoms with van der Waals surface area (Å²) >= 11 is 0. The minimum Gasteiger partial charge on any atom is -0.507 e. The number of anilines is 1. The zero-order valence-electron chi connectivity index (χ0n) is 19.2. The van der Waals surface area contributed by atoms with Gasteiger partial charge in [0.15, 0.2) is 17.4 Å². The van der Waals surface area contributed by atoms with Crippen LogP contribution in [-0.2, 0) is 0 Å². The number of halogens is 2. The summed E-state index contributed by atoms with van der Waals surface area (Å²) in [6, 6.07) is 6.80. The molecule has 8 nitrogen and oxygen atoms in total. The van der Waals surface area contributed by atoms with Gasteiger partial charge >= 0.3 is 0 Å². The maximum absolute atomic E-state index is 15.3. The SMILES string of the molecule is COc1cc(-c2ccc(-c3ncc(N(C4CC4)[C@@H]4C[C@@H]5CC[C@@H](N5)[C@@H]4F)nn3)c(O)c2)cnc1F. The molecule has 2 aliphatic heterocycles. The van der Waals surface area contributed by atoms with Gasteiger partial charge < -0.3 is 20.1 Å². The summed E-state index contributed by atoms with van der Waals surface area (Å²) in [5.41, 5.74) is 1.64. The average molecular weight is 481 g/mol. The summed E-state index contributed by atoms with van der Waals surface area (Å²) in [6.07, 6.45) is 6.71. The molecule has 35 heavy (non-hydrogen) atoms. The van der Waals surface area contributed by atoms with Gasteiger partial charge in [0.1, 0.15) is 11.9 Å². The lowest BCUT2D eigenvalue weighted by Gasteiger charge is -2.40. The maximum Gasteiger partial charge on any atom is 0.255 e. The van der Waals surface area contributed by atoms with Crippen LogP contribution in [0, 0.1) is 5.95 Å². The number of hydrogen-bond donors (Lipinski definition) is 2. The molecule has 3 fully saturated rings. The number of hydrogen-bond acceptors (Lipinski definition) is 8. The van der Waals surface area contributed by atoms with Crippen molar-refractivity contribution >= 4 is 5.82 Å². The monoisotopic (exact) mass is 480 g/mol. The molecule has 2 saturated heterocycles. The lowest BCUT2D eigenvalue weighted by atomic mass is 9.96. The average Bonchev–Trinajstić information content (AvgIpc) is 3.62. The van der Waals surface area contributed by atoms with E-state index >= 15 is 4.39 Å². The number of methoxy groups -OCH3 is 1. The van der Waals surface area contributed by atoms with Crippen LogP contribution in [-0.4, -0.2) is 62.7 Å². The number of fused-ring (bicyclic) bond motifs is 2. The largest absolute Gasteiger partial charge is 0.507 e. The van der Waals surface area contributed by atoms with E-state index in [2.05, 4.69) is 30.4 Å². The second-order valence-corrected chi connectivity index (χ2v) is 9.52. The predicted octanol–water partition coefficient (Wildman–Crippen LogP) is 3.65. The Hall–Kier alpha value is -3.40. The van der Waals surface area contributed by atoms with E-state index in [1.165, 1.54) is 25.4 Å². The zero-order chi connectivity index (χ0) is 24.1. The van der Waals surface area contributed by atoms with Gasteiger partial charge in [-0.25, -0.2) is 14.4 Å². The van der Waals surface area contributed by atoms with Crippen molar-refractivity contribution in [2.75, 3.05) is 12.0 Å². The van der Waals surface area contributed by atoms with Crippen molar-refractivity contribution in [3.63, 3.8) is 0 Å². The summed E-state index contributed by atoms with van der Waals surface area (Å²) in [5, 5.41) is 22.7. The van der Waals surface area contributed by atoms with Crippen molar-refractivity contribution in [1.29, 1.82) is 0 Å². The molecular formula is C25H26F2N6O2. The van der Waals surface area contributed by atoms with Crippen LogP contribution in [0.3, 0.4) is 0 Å². The topological polar surface area (TPSA) is 96.3 Å². The van der Waals surface area contributed by atoms with E-state index in [0.717, 1.165) is 32.1 Å². The van der Waals surface area contributed by atoms with Crippen LogP contribution < -0.4 is 15.0 Å². The molecule has 3 aromatic rings. The quantitative estimate of drug-likeness (QED) is 0.516. The van der Waals surface area contributed by atoms with E-state index in [4.69, 9.17) is 4.74 Å². The van der Waals surface area contributed by atoms with Gasteiger partial charge in [-0.05, 0) is 55.9 Å². The lowest BCUT2D eigenvalue weighted by molar-refractivity contribution is 0.171. The molecule has 0 amide bonds. The molecule has 2 aromatic heterocycles. The van der Waals surface area contributed by atoms with Crippen LogP contribution in [0.25, 0.3) is 22.5 Å². The number of ether oxygens (including phenoxy) is 1. The van der Waals surface area contributed by atoms with Gasteiger partial charge in [-0.1, -0.05) is 6.07 Å². The first-order valence-electron chi connectivity index (χ1n) is 11.9. The van der Waals surface area contributed by atoms with Gasteiger partial charge in [-0.2, -0.15) is 4.39 Å². The van der Waals surface area contributed by atoms with E-state index in [9.17, 15) is 9.50 Å². The van der Waals surface area contributed by atoms with E-state index < -0.39 is 12.1 Å². The van der Waals surface area contributed by atoms with Gasteiger partial charge in [0, 0.05) is 29.9 Å². The minimum atomic E-state index is -0.952. The van der Waals surface area contributed by atoms with E-state index in [1.807, 2.05) is 0 Å². The number of phenolic OH excluding ortho intramolecular Hbond substituents is 1. The molecule has 1 saturated carbocycles. The molecule has 2 bridgehead atoms. The standard InChI is InChI=1S/C25H26F2N6O2/c1-35-21-9-14(11-28-24(21)27)13-2-6-17(20(34)8-13)25-29-12-22(31-32-25)33(16-4-5-16)19-10-15-3-7-18(30-15)23(19)26/h2,6,8-9,11-12,15-16,18-19,23,30,34H,3-5,7,10H2,1H3/t15-,18+,19+,23-/m0/s1. The molecule has 2 N–H and O–H groups in total. The predicted molar refractivity (Wildman–Crippen MR) is 125 cm³/mol. The van der Waals surface area contributed by atoms with Gasteiger partial charge in [0.05, 0.1) is 24.9 Å². The first-order chi connectivity index (χ1) is 17.0. The fourth-order valence-electron chi connectivity index (χ4n) is 5.36. The molecule has 0 radical (unpaired) electrons. The molecular weight excluding hydrogens is 454 g/mol.